The Morgan fingerprint density at radius 1 is 1.19 bits per heavy atom. The van der Waals surface area contributed by atoms with Crippen molar-refractivity contribution in [1.82, 2.24) is 0 Å². The lowest BCUT2D eigenvalue weighted by molar-refractivity contribution is -0.00539. The monoisotopic (exact) mass is 210 g/mol. The predicted molar refractivity (Wildman–Crippen MR) is 61.2 cm³/mol. The number of carbonyl (C=O) groups excluding carboxylic acids is 1. The first kappa shape index (κ1) is 10.3. The summed E-state index contributed by atoms with van der Waals surface area (Å²) >= 11 is 0. The molecule has 1 aliphatic rings. The summed E-state index contributed by atoms with van der Waals surface area (Å²) in [4.78, 5) is 15.1. The van der Waals surface area contributed by atoms with Crippen LogP contribution in [0.15, 0.2) is 54.1 Å². The van der Waals surface area contributed by atoms with E-state index in [9.17, 15) is 4.79 Å². The zero-order chi connectivity index (χ0) is 11.4. The third-order valence-corrected chi connectivity index (χ3v) is 2.41. The highest BCUT2D eigenvalue weighted by Crippen LogP contribution is 2.13. The minimum atomic E-state index is -0.00570. The van der Waals surface area contributed by atoms with Crippen molar-refractivity contribution in [3.05, 3.63) is 65.2 Å². The first-order valence-corrected chi connectivity index (χ1v) is 5.00. The first-order chi connectivity index (χ1) is 7.81. The van der Waals surface area contributed by atoms with Gasteiger partial charge in [-0.25, -0.2) is 0 Å². The van der Waals surface area contributed by atoms with Crippen LogP contribution in [0.2, 0.25) is 0 Å². The SMILES string of the molecule is [N-]=[N+]=C1C=CC(C(=O)c2ccccc2)=CC1. The molecule has 0 amide bonds. The van der Waals surface area contributed by atoms with Crippen LogP contribution in [0.1, 0.15) is 16.8 Å². The van der Waals surface area contributed by atoms with Crippen LogP contribution in [-0.2, 0) is 0 Å². The number of Topliss-reactive ketones (excluding diaryl/α,β-unsaturated/α-hetero) is 1. The molecule has 2 rings (SSSR count). The molecule has 0 saturated heterocycles. The maximum atomic E-state index is 12.0. The Hall–Kier alpha value is -2.25. The predicted octanol–water partition coefficient (Wildman–Crippen LogP) is 2.43. The van der Waals surface area contributed by atoms with Crippen LogP contribution in [-0.4, -0.2) is 16.3 Å². The van der Waals surface area contributed by atoms with Gasteiger partial charge in [0.25, 0.3) is 5.71 Å². The number of allylic oxidation sites excluding steroid dienone is 4. The van der Waals surface area contributed by atoms with Crippen molar-refractivity contribution in [2.24, 2.45) is 0 Å². The summed E-state index contributed by atoms with van der Waals surface area (Å²) in [6.45, 7) is 0. The third-order valence-electron chi connectivity index (χ3n) is 2.41. The highest BCUT2D eigenvalue weighted by atomic mass is 16.1. The Balaban J connectivity index is 2.23. The molecular weight excluding hydrogens is 200 g/mol. The Labute approximate surface area is 93.3 Å². The van der Waals surface area contributed by atoms with Gasteiger partial charge < -0.3 is 5.53 Å². The van der Waals surface area contributed by atoms with Crippen molar-refractivity contribution < 1.29 is 9.58 Å². The highest BCUT2D eigenvalue weighted by molar-refractivity contribution is 6.12. The molecule has 0 bridgehead atoms. The van der Waals surface area contributed by atoms with Crippen LogP contribution in [0.3, 0.4) is 0 Å². The van der Waals surface area contributed by atoms with Crippen LogP contribution >= 0.6 is 0 Å². The van der Waals surface area contributed by atoms with Gasteiger partial charge in [-0.2, -0.15) is 4.79 Å². The van der Waals surface area contributed by atoms with E-state index in [1.165, 1.54) is 0 Å². The van der Waals surface area contributed by atoms with Crippen molar-refractivity contribution >= 4 is 11.5 Å². The van der Waals surface area contributed by atoms with Crippen LogP contribution in [0.25, 0.3) is 5.53 Å². The summed E-state index contributed by atoms with van der Waals surface area (Å²) < 4.78 is 0. The molecule has 0 radical (unpaired) electrons. The Bertz CT molecular complexity index is 520. The molecule has 0 aromatic heterocycles. The number of nitrogens with zero attached hydrogens (tertiary/aromatic N) is 2. The van der Waals surface area contributed by atoms with E-state index in [1.54, 1.807) is 30.4 Å². The molecule has 3 heteroatoms. The lowest BCUT2D eigenvalue weighted by Gasteiger charge is -2.03. The molecule has 0 aliphatic heterocycles. The maximum Gasteiger partial charge on any atom is 0.295 e. The minimum absolute atomic E-state index is 0.00570. The number of benzene rings is 1. The standard InChI is InChI=1S/C13H10N2O/c14-15-12-8-6-11(7-9-12)13(16)10-4-2-1-3-5-10/h1-8H,9H2. The number of hydrogen-bond donors (Lipinski definition) is 0. The topological polar surface area (TPSA) is 53.5 Å². The first-order valence-electron chi connectivity index (χ1n) is 5.00. The molecule has 0 saturated carbocycles. The van der Waals surface area contributed by atoms with Crippen molar-refractivity contribution in [1.29, 1.82) is 0 Å². The number of ketones is 1. The summed E-state index contributed by atoms with van der Waals surface area (Å²) in [6.07, 6.45) is 5.58. The third kappa shape index (κ3) is 2.05. The molecular formula is C13H10N2O. The van der Waals surface area contributed by atoms with Gasteiger partial charge >= 0.3 is 0 Å². The Kier molecular flexibility index (Phi) is 2.90. The summed E-state index contributed by atoms with van der Waals surface area (Å²) in [5.74, 6) is -0.00570. The van der Waals surface area contributed by atoms with Gasteiger partial charge in [-0.3, -0.25) is 4.79 Å². The van der Waals surface area contributed by atoms with Crippen molar-refractivity contribution in [3.8, 4) is 0 Å². The average Bonchev–Trinajstić information content (AvgIpc) is 2.39. The normalized spacial score (nSPS) is 14.2. The number of rotatable bonds is 2. The van der Waals surface area contributed by atoms with Gasteiger partial charge in [-0.15, -0.1) is 0 Å². The fourth-order valence-electron chi connectivity index (χ4n) is 1.54. The smallest absolute Gasteiger partial charge is 0.295 e. The fourth-order valence-corrected chi connectivity index (χ4v) is 1.54. The zero-order valence-corrected chi connectivity index (χ0v) is 8.63. The second kappa shape index (κ2) is 4.51. The second-order valence-electron chi connectivity index (χ2n) is 3.48. The van der Waals surface area contributed by atoms with E-state index in [2.05, 4.69) is 4.79 Å². The van der Waals surface area contributed by atoms with Gasteiger partial charge in [-0.1, -0.05) is 36.4 Å². The summed E-state index contributed by atoms with van der Waals surface area (Å²) in [5, 5.41) is 0. The van der Waals surface area contributed by atoms with Gasteiger partial charge in [0.2, 0.25) is 0 Å². The molecule has 1 aliphatic carbocycles. The van der Waals surface area contributed by atoms with Crippen LogP contribution < -0.4 is 0 Å². The quantitative estimate of drug-likeness (QED) is 0.420. The summed E-state index contributed by atoms with van der Waals surface area (Å²) in [6, 6.07) is 9.11. The van der Waals surface area contributed by atoms with Gasteiger partial charge in [0.1, 0.15) is 0 Å². The molecule has 3 nitrogen and oxygen atoms in total. The second-order valence-corrected chi connectivity index (χ2v) is 3.48. The largest absolute Gasteiger partial charge is 0.361 e. The molecule has 0 heterocycles. The van der Waals surface area contributed by atoms with Crippen LogP contribution in [0, 0.1) is 0 Å². The lowest BCUT2D eigenvalue weighted by Crippen LogP contribution is -2.07. The van der Waals surface area contributed by atoms with Gasteiger partial charge in [-0.05, 0) is 6.08 Å². The number of carbonyl (C=O) groups is 1. The molecule has 0 fully saturated rings. The number of hydrogen-bond acceptors (Lipinski definition) is 1. The molecule has 0 atom stereocenters. The summed E-state index contributed by atoms with van der Waals surface area (Å²) in [7, 11) is 0. The Morgan fingerprint density at radius 3 is 2.50 bits per heavy atom. The van der Waals surface area contributed by atoms with Crippen molar-refractivity contribution in [3.63, 3.8) is 0 Å². The molecule has 0 unspecified atom stereocenters. The molecule has 16 heavy (non-hydrogen) atoms. The zero-order valence-electron chi connectivity index (χ0n) is 8.63. The van der Waals surface area contributed by atoms with Gasteiger partial charge in [0.05, 0.1) is 6.42 Å². The molecule has 0 N–H and O–H groups in total. The van der Waals surface area contributed by atoms with E-state index in [1.807, 2.05) is 18.2 Å². The molecule has 1 aromatic carbocycles. The van der Waals surface area contributed by atoms with Gasteiger partial charge in [0, 0.05) is 17.2 Å². The van der Waals surface area contributed by atoms with E-state index >= 15 is 0 Å². The minimum Gasteiger partial charge on any atom is -0.361 e. The van der Waals surface area contributed by atoms with E-state index in [0.717, 1.165) is 0 Å². The summed E-state index contributed by atoms with van der Waals surface area (Å²) in [5.41, 5.74) is 10.4. The van der Waals surface area contributed by atoms with Crippen molar-refractivity contribution in [2.45, 2.75) is 6.42 Å². The maximum absolute atomic E-state index is 12.0. The molecule has 78 valence electrons. The Morgan fingerprint density at radius 2 is 1.94 bits per heavy atom. The van der Waals surface area contributed by atoms with E-state index in [-0.39, 0.29) is 5.78 Å². The van der Waals surface area contributed by atoms with E-state index in [0.29, 0.717) is 23.3 Å². The fraction of sp³-hybridized carbons (Fsp3) is 0.0769. The van der Waals surface area contributed by atoms with Crippen molar-refractivity contribution in [2.75, 3.05) is 0 Å². The van der Waals surface area contributed by atoms with E-state index in [4.69, 9.17) is 5.53 Å². The average molecular weight is 210 g/mol. The molecule has 0 spiro atoms. The van der Waals surface area contributed by atoms with Crippen LogP contribution in [0.5, 0.6) is 0 Å². The van der Waals surface area contributed by atoms with Crippen LogP contribution in [0.4, 0.5) is 0 Å². The molecule has 1 aromatic rings. The lowest BCUT2D eigenvalue weighted by atomic mass is 9.98. The van der Waals surface area contributed by atoms with Gasteiger partial charge in [0.15, 0.2) is 5.78 Å². The van der Waals surface area contributed by atoms with E-state index < -0.39 is 0 Å². The highest BCUT2D eigenvalue weighted by Gasteiger charge is 2.14.